The predicted octanol–water partition coefficient (Wildman–Crippen LogP) is 3.43. The molecule has 100 valence electrons. The smallest absolute Gasteiger partial charge is 0.199 e. The molecule has 0 aliphatic heterocycles. The van der Waals surface area contributed by atoms with Gasteiger partial charge in [0.15, 0.2) is 16.7 Å². The molecule has 0 atom stereocenters. The summed E-state index contributed by atoms with van der Waals surface area (Å²) in [7, 11) is 3.45. The van der Waals surface area contributed by atoms with Gasteiger partial charge in [0.25, 0.3) is 0 Å². The van der Waals surface area contributed by atoms with Crippen LogP contribution in [0.15, 0.2) is 30.6 Å². The number of halogens is 2. The molecule has 0 radical (unpaired) electrons. The molecule has 2 aromatic rings. The molecule has 0 bridgehead atoms. The fourth-order valence-corrected chi connectivity index (χ4v) is 2.19. The van der Waals surface area contributed by atoms with Gasteiger partial charge in [0.1, 0.15) is 6.33 Å². The van der Waals surface area contributed by atoms with Crippen molar-refractivity contribution in [2.75, 3.05) is 19.1 Å². The first kappa shape index (κ1) is 13.9. The van der Waals surface area contributed by atoms with Crippen LogP contribution < -0.4 is 9.64 Å². The van der Waals surface area contributed by atoms with E-state index >= 15 is 0 Å². The topological polar surface area (TPSA) is 38.3 Å². The van der Waals surface area contributed by atoms with E-state index in [1.807, 2.05) is 36.2 Å². The maximum Gasteiger partial charge on any atom is 0.199 e. The van der Waals surface area contributed by atoms with E-state index in [9.17, 15) is 0 Å². The van der Waals surface area contributed by atoms with E-state index in [0.29, 0.717) is 28.3 Å². The van der Waals surface area contributed by atoms with Crippen molar-refractivity contribution < 1.29 is 4.74 Å². The van der Waals surface area contributed by atoms with Crippen LogP contribution in [0.4, 0.5) is 5.82 Å². The number of benzene rings is 1. The molecule has 0 saturated carbocycles. The van der Waals surface area contributed by atoms with E-state index in [1.54, 1.807) is 7.11 Å². The second kappa shape index (κ2) is 6.08. The van der Waals surface area contributed by atoms with Gasteiger partial charge in [-0.3, -0.25) is 0 Å². The Labute approximate surface area is 122 Å². The molecular weight excluding hydrogens is 285 g/mol. The largest absolute Gasteiger partial charge is 0.490 e. The van der Waals surface area contributed by atoms with Crippen molar-refractivity contribution in [3.8, 4) is 5.75 Å². The lowest BCUT2D eigenvalue weighted by Crippen LogP contribution is -2.18. The van der Waals surface area contributed by atoms with Crippen LogP contribution in [0.1, 0.15) is 5.56 Å². The van der Waals surface area contributed by atoms with Crippen molar-refractivity contribution in [1.82, 2.24) is 9.97 Å². The first-order valence-electron chi connectivity index (χ1n) is 5.62. The highest BCUT2D eigenvalue weighted by Gasteiger charge is 2.14. The number of hydrogen-bond donors (Lipinski definition) is 0. The van der Waals surface area contributed by atoms with Crippen molar-refractivity contribution in [3.05, 3.63) is 46.3 Å². The molecule has 0 spiro atoms. The molecule has 1 heterocycles. The zero-order chi connectivity index (χ0) is 13.8. The highest BCUT2D eigenvalue weighted by Crippen LogP contribution is 2.31. The lowest BCUT2D eigenvalue weighted by molar-refractivity contribution is 0.411. The number of rotatable bonds is 4. The Morgan fingerprint density at radius 2 is 2.05 bits per heavy atom. The van der Waals surface area contributed by atoms with Gasteiger partial charge < -0.3 is 9.64 Å². The van der Waals surface area contributed by atoms with E-state index in [4.69, 9.17) is 27.9 Å². The van der Waals surface area contributed by atoms with E-state index in [0.717, 1.165) is 5.56 Å². The van der Waals surface area contributed by atoms with E-state index < -0.39 is 0 Å². The van der Waals surface area contributed by atoms with Gasteiger partial charge in [-0.05, 0) is 17.7 Å². The van der Waals surface area contributed by atoms with Gasteiger partial charge in [0.2, 0.25) is 0 Å². The van der Waals surface area contributed by atoms with Crippen molar-refractivity contribution >= 4 is 29.0 Å². The zero-order valence-corrected chi connectivity index (χ0v) is 12.1. The molecule has 0 fully saturated rings. The number of aromatic nitrogens is 2. The van der Waals surface area contributed by atoms with Crippen molar-refractivity contribution in [2.24, 2.45) is 0 Å². The van der Waals surface area contributed by atoms with Gasteiger partial charge in [-0.1, -0.05) is 35.3 Å². The Kier molecular flexibility index (Phi) is 4.45. The molecule has 0 unspecified atom stereocenters. The average Bonchev–Trinajstić information content (AvgIpc) is 2.38. The SMILES string of the molecule is COc1c(Cl)ncnc1N(C)Cc1cccc(Cl)c1. The van der Waals surface area contributed by atoms with Gasteiger partial charge in [0.05, 0.1) is 7.11 Å². The summed E-state index contributed by atoms with van der Waals surface area (Å²) in [6, 6.07) is 7.66. The maximum absolute atomic E-state index is 5.98. The molecule has 0 saturated heterocycles. The minimum absolute atomic E-state index is 0.297. The summed E-state index contributed by atoms with van der Waals surface area (Å²) in [4.78, 5) is 10.0. The maximum atomic E-state index is 5.98. The fraction of sp³-hybridized carbons (Fsp3) is 0.231. The molecule has 1 aromatic carbocycles. The lowest BCUT2D eigenvalue weighted by Gasteiger charge is -2.20. The van der Waals surface area contributed by atoms with Crippen LogP contribution >= 0.6 is 23.2 Å². The molecule has 19 heavy (non-hydrogen) atoms. The Morgan fingerprint density at radius 1 is 1.26 bits per heavy atom. The van der Waals surface area contributed by atoms with Crippen LogP contribution in [0, 0.1) is 0 Å². The summed E-state index contributed by atoms with van der Waals surface area (Å²) in [6.45, 7) is 0.643. The van der Waals surface area contributed by atoms with E-state index in [2.05, 4.69) is 9.97 Å². The molecule has 4 nitrogen and oxygen atoms in total. The summed E-state index contributed by atoms with van der Waals surface area (Å²) in [5.41, 5.74) is 1.08. The van der Waals surface area contributed by atoms with Crippen molar-refractivity contribution in [1.29, 1.82) is 0 Å². The van der Waals surface area contributed by atoms with E-state index in [-0.39, 0.29) is 0 Å². The minimum atomic E-state index is 0.297. The first-order chi connectivity index (χ1) is 9.11. The van der Waals surface area contributed by atoms with Gasteiger partial charge in [0, 0.05) is 18.6 Å². The summed E-state index contributed by atoms with van der Waals surface area (Å²) >= 11 is 11.9. The van der Waals surface area contributed by atoms with Crippen LogP contribution in [-0.2, 0) is 6.54 Å². The Hall–Kier alpha value is -1.52. The monoisotopic (exact) mass is 297 g/mol. The van der Waals surface area contributed by atoms with Crippen LogP contribution in [0.3, 0.4) is 0 Å². The van der Waals surface area contributed by atoms with Crippen molar-refractivity contribution in [2.45, 2.75) is 6.54 Å². The molecule has 0 aliphatic rings. The minimum Gasteiger partial charge on any atom is -0.490 e. The molecule has 0 N–H and O–H groups in total. The Bertz CT molecular complexity index is 578. The molecule has 6 heteroatoms. The first-order valence-corrected chi connectivity index (χ1v) is 6.37. The molecular formula is C13H13Cl2N3O. The predicted molar refractivity (Wildman–Crippen MR) is 77.2 cm³/mol. The van der Waals surface area contributed by atoms with Gasteiger partial charge in [-0.25, -0.2) is 9.97 Å². The quantitative estimate of drug-likeness (QED) is 0.811. The van der Waals surface area contributed by atoms with Gasteiger partial charge in [-0.2, -0.15) is 0 Å². The third kappa shape index (κ3) is 3.28. The van der Waals surface area contributed by atoms with Crippen molar-refractivity contribution in [3.63, 3.8) is 0 Å². The number of hydrogen-bond acceptors (Lipinski definition) is 4. The summed E-state index contributed by atoms with van der Waals surface area (Å²) in [5.74, 6) is 1.11. The van der Waals surface area contributed by atoms with Gasteiger partial charge in [-0.15, -0.1) is 0 Å². The molecule has 2 rings (SSSR count). The third-order valence-electron chi connectivity index (χ3n) is 2.62. The third-order valence-corrected chi connectivity index (χ3v) is 3.12. The lowest BCUT2D eigenvalue weighted by atomic mass is 10.2. The highest BCUT2D eigenvalue weighted by atomic mass is 35.5. The number of methoxy groups -OCH3 is 1. The molecule has 0 aliphatic carbocycles. The van der Waals surface area contributed by atoms with Gasteiger partial charge >= 0.3 is 0 Å². The fourth-order valence-electron chi connectivity index (χ4n) is 1.78. The van der Waals surface area contributed by atoms with Crippen LogP contribution in [0.2, 0.25) is 10.2 Å². The van der Waals surface area contributed by atoms with Crippen LogP contribution in [-0.4, -0.2) is 24.1 Å². The Balaban J connectivity index is 2.25. The standard InChI is InChI=1S/C13H13Cl2N3O/c1-18(7-9-4-3-5-10(14)6-9)13-11(19-2)12(15)16-8-17-13/h3-6,8H,7H2,1-2H3. The number of ether oxygens (including phenoxy) is 1. The molecule has 1 aromatic heterocycles. The number of anilines is 1. The summed E-state index contributed by atoms with van der Waals surface area (Å²) in [6.07, 6.45) is 1.41. The average molecular weight is 298 g/mol. The zero-order valence-electron chi connectivity index (χ0n) is 10.6. The highest BCUT2D eigenvalue weighted by molar-refractivity contribution is 6.31. The van der Waals surface area contributed by atoms with Crippen LogP contribution in [0.5, 0.6) is 5.75 Å². The molecule has 0 amide bonds. The van der Waals surface area contributed by atoms with E-state index in [1.165, 1.54) is 6.33 Å². The number of nitrogens with zero attached hydrogens (tertiary/aromatic N) is 3. The summed E-state index contributed by atoms with van der Waals surface area (Å²) < 4.78 is 5.23. The normalized spacial score (nSPS) is 10.3. The van der Waals surface area contributed by atoms with Crippen LogP contribution in [0.25, 0.3) is 0 Å². The Morgan fingerprint density at radius 3 is 2.74 bits per heavy atom. The second-order valence-electron chi connectivity index (χ2n) is 4.01. The second-order valence-corrected chi connectivity index (χ2v) is 4.80. The summed E-state index contributed by atoms with van der Waals surface area (Å²) in [5, 5.41) is 1.00.